The molecule has 1 aromatic rings. The Morgan fingerprint density at radius 1 is 1.07 bits per heavy atom. The van der Waals surface area contributed by atoms with Crippen LogP contribution >= 0.6 is 46.4 Å². The fraction of sp³-hybridized carbons (Fsp3) is 0.125. The van der Waals surface area contributed by atoms with Crippen molar-refractivity contribution in [1.29, 1.82) is 0 Å². The van der Waals surface area contributed by atoms with Gasteiger partial charge in [-0.15, -0.1) is 0 Å². The van der Waals surface area contributed by atoms with Crippen LogP contribution in [0.3, 0.4) is 0 Å². The topological polar surface area (TPSA) is 63.3 Å². The molecule has 0 fully saturated rings. The van der Waals surface area contributed by atoms with E-state index in [9.17, 15) is 4.79 Å². The van der Waals surface area contributed by atoms with Gasteiger partial charge >= 0.3 is 5.97 Å². The third kappa shape index (κ3) is 2.17. The molecule has 0 aliphatic heterocycles. The quantitative estimate of drug-likeness (QED) is 0.819. The van der Waals surface area contributed by atoms with Gasteiger partial charge in [-0.1, -0.05) is 46.4 Å². The van der Waals surface area contributed by atoms with Gasteiger partial charge in [-0.3, -0.25) is 0 Å². The van der Waals surface area contributed by atoms with E-state index in [0.717, 1.165) is 0 Å². The van der Waals surface area contributed by atoms with Crippen molar-refractivity contribution in [2.45, 2.75) is 6.54 Å². The van der Waals surface area contributed by atoms with Gasteiger partial charge in [0.15, 0.2) is 0 Å². The molecule has 1 rings (SSSR count). The number of halogens is 4. The lowest BCUT2D eigenvalue weighted by Gasteiger charge is -2.11. The van der Waals surface area contributed by atoms with Crippen molar-refractivity contribution in [3.8, 4) is 0 Å². The second-order valence-corrected chi connectivity index (χ2v) is 4.13. The number of benzene rings is 1. The SMILES string of the molecule is NCc1c(Cl)c(Cl)c(C(=O)O)c(Cl)c1Cl. The van der Waals surface area contributed by atoms with Crippen LogP contribution in [0.5, 0.6) is 0 Å². The summed E-state index contributed by atoms with van der Waals surface area (Å²) in [4.78, 5) is 10.8. The third-order valence-corrected chi connectivity index (χ3v) is 3.56. The Kier molecular flexibility index (Phi) is 4.09. The minimum absolute atomic E-state index is 0.0194. The molecule has 0 saturated carbocycles. The standard InChI is InChI=1S/C8H5Cl4NO2/c9-4-2(1-13)5(10)7(12)3(6(4)11)8(14)15/h1,13H2,(H,14,15). The molecule has 0 spiro atoms. The molecule has 0 heterocycles. The van der Waals surface area contributed by atoms with Gasteiger partial charge < -0.3 is 10.8 Å². The minimum Gasteiger partial charge on any atom is -0.478 e. The van der Waals surface area contributed by atoms with Gasteiger partial charge in [0.1, 0.15) is 0 Å². The number of nitrogens with two attached hydrogens (primary N) is 1. The molecular weight excluding hydrogens is 284 g/mol. The summed E-state index contributed by atoms with van der Waals surface area (Å²) in [6.07, 6.45) is 0. The maximum absolute atomic E-state index is 10.8. The molecule has 15 heavy (non-hydrogen) atoms. The van der Waals surface area contributed by atoms with E-state index in [4.69, 9.17) is 57.2 Å². The number of carboxylic acid groups (broad SMARTS) is 1. The maximum Gasteiger partial charge on any atom is 0.338 e. The van der Waals surface area contributed by atoms with Gasteiger partial charge in [-0.2, -0.15) is 0 Å². The summed E-state index contributed by atoms with van der Waals surface area (Å²) in [5.74, 6) is -1.29. The lowest BCUT2D eigenvalue weighted by atomic mass is 10.1. The van der Waals surface area contributed by atoms with Crippen molar-refractivity contribution in [2.75, 3.05) is 0 Å². The van der Waals surface area contributed by atoms with Crippen molar-refractivity contribution in [1.82, 2.24) is 0 Å². The molecule has 7 heteroatoms. The number of hydrogen-bond donors (Lipinski definition) is 2. The summed E-state index contributed by atoms with van der Waals surface area (Å²) in [6.45, 7) is 0.0248. The molecule has 0 bridgehead atoms. The van der Waals surface area contributed by atoms with E-state index in [0.29, 0.717) is 5.56 Å². The number of hydrogen-bond acceptors (Lipinski definition) is 2. The van der Waals surface area contributed by atoms with Crippen LogP contribution in [0, 0.1) is 0 Å². The highest BCUT2D eigenvalue weighted by molar-refractivity contribution is 6.50. The van der Waals surface area contributed by atoms with Crippen LogP contribution in [0.25, 0.3) is 0 Å². The normalized spacial score (nSPS) is 10.5. The van der Waals surface area contributed by atoms with Gasteiger partial charge in [0, 0.05) is 12.1 Å². The Hall–Kier alpha value is -0.190. The Bertz CT molecular complexity index is 404. The van der Waals surface area contributed by atoms with E-state index in [2.05, 4.69) is 0 Å². The zero-order chi connectivity index (χ0) is 11.7. The summed E-state index contributed by atoms with van der Waals surface area (Å²) in [6, 6.07) is 0. The van der Waals surface area contributed by atoms with Gasteiger partial charge in [0.2, 0.25) is 0 Å². The molecule has 0 aromatic heterocycles. The fourth-order valence-corrected chi connectivity index (χ4v) is 2.25. The molecule has 82 valence electrons. The lowest BCUT2D eigenvalue weighted by molar-refractivity contribution is 0.0697. The average Bonchev–Trinajstić information content (AvgIpc) is 2.16. The molecule has 1 aromatic carbocycles. The Balaban J connectivity index is 3.66. The van der Waals surface area contributed by atoms with E-state index < -0.39 is 5.97 Å². The Labute approximate surface area is 106 Å². The van der Waals surface area contributed by atoms with E-state index in [1.165, 1.54) is 0 Å². The Morgan fingerprint density at radius 3 is 1.73 bits per heavy atom. The molecule has 0 amide bonds. The second-order valence-electron chi connectivity index (χ2n) is 2.62. The van der Waals surface area contributed by atoms with Gasteiger partial charge in [0.05, 0.1) is 25.7 Å². The highest BCUT2D eigenvalue weighted by Crippen LogP contribution is 2.40. The number of carboxylic acids is 1. The van der Waals surface area contributed by atoms with Crippen LogP contribution < -0.4 is 5.73 Å². The smallest absolute Gasteiger partial charge is 0.338 e. The largest absolute Gasteiger partial charge is 0.478 e. The number of aromatic carboxylic acids is 1. The van der Waals surface area contributed by atoms with Gasteiger partial charge in [0.25, 0.3) is 0 Å². The van der Waals surface area contributed by atoms with Crippen molar-refractivity contribution in [2.24, 2.45) is 5.73 Å². The summed E-state index contributed by atoms with van der Waals surface area (Å²) in [7, 11) is 0. The molecule has 3 N–H and O–H groups in total. The molecule has 3 nitrogen and oxygen atoms in total. The van der Waals surface area contributed by atoms with E-state index >= 15 is 0 Å². The zero-order valence-electron chi connectivity index (χ0n) is 7.15. The first-order valence-electron chi connectivity index (χ1n) is 3.70. The van der Waals surface area contributed by atoms with Crippen LogP contribution in [0.4, 0.5) is 0 Å². The minimum atomic E-state index is -1.29. The van der Waals surface area contributed by atoms with Crippen LogP contribution in [0.15, 0.2) is 0 Å². The highest BCUT2D eigenvalue weighted by atomic mass is 35.5. The predicted molar refractivity (Wildman–Crippen MR) is 61.3 cm³/mol. The van der Waals surface area contributed by atoms with E-state index in [1.54, 1.807) is 0 Å². The second kappa shape index (κ2) is 4.76. The van der Waals surface area contributed by atoms with E-state index in [1.807, 2.05) is 0 Å². The molecule has 0 unspecified atom stereocenters. The molecule has 0 aliphatic rings. The summed E-state index contributed by atoms with van der Waals surface area (Å²) < 4.78 is 0. The number of rotatable bonds is 2. The van der Waals surface area contributed by atoms with E-state index in [-0.39, 0.29) is 32.2 Å². The Morgan fingerprint density at radius 2 is 1.47 bits per heavy atom. The predicted octanol–water partition coefficient (Wildman–Crippen LogP) is 3.46. The van der Waals surface area contributed by atoms with Crippen LogP contribution in [-0.4, -0.2) is 11.1 Å². The molecule has 0 atom stereocenters. The highest BCUT2D eigenvalue weighted by Gasteiger charge is 2.23. The average molecular weight is 289 g/mol. The van der Waals surface area contributed by atoms with Crippen LogP contribution in [0.2, 0.25) is 20.1 Å². The van der Waals surface area contributed by atoms with Crippen LogP contribution in [0.1, 0.15) is 15.9 Å². The van der Waals surface area contributed by atoms with Crippen LogP contribution in [-0.2, 0) is 6.54 Å². The zero-order valence-corrected chi connectivity index (χ0v) is 10.2. The summed E-state index contributed by atoms with van der Waals surface area (Å²) in [5, 5.41) is 8.57. The third-order valence-electron chi connectivity index (χ3n) is 1.77. The molecule has 0 saturated heterocycles. The van der Waals surface area contributed by atoms with Crippen molar-refractivity contribution in [3.63, 3.8) is 0 Å². The molecule has 0 radical (unpaired) electrons. The first kappa shape index (κ1) is 12.9. The fourth-order valence-electron chi connectivity index (χ4n) is 1.04. The van der Waals surface area contributed by atoms with Crippen molar-refractivity contribution in [3.05, 3.63) is 31.2 Å². The van der Waals surface area contributed by atoms with Gasteiger partial charge in [-0.05, 0) is 0 Å². The van der Waals surface area contributed by atoms with Gasteiger partial charge in [-0.25, -0.2) is 4.79 Å². The first-order chi connectivity index (χ1) is 6.91. The summed E-state index contributed by atoms with van der Waals surface area (Å²) >= 11 is 23.1. The lowest BCUT2D eigenvalue weighted by Crippen LogP contribution is -2.05. The molecular formula is C8H5Cl4NO2. The van der Waals surface area contributed by atoms with Crippen molar-refractivity contribution < 1.29 is 9.90 Å². The first-order valence-corrected chi connectivity index (χ1v) is 5.21. The maximum atomic E-state index is 10.8. The van der Waals surface area contributed by atoms with Crippen molar-refractivity contribution >= 4 is 52.4 Å². The number of carbonyl (C=O) groups is 1. The molecule has 0 aliphatic carbocycles. The monoisotopic (exact) mass is 287 g/mol. The summed E-state index contributed by atoms with van der Waals surface area (Å²) in [5.41, 5.74) is 5.40.